The van der Waals surface area contributed by atoms with Crippen LogP contribution in [0.2, 0.25) is 10.0 Å². The number of nitro groups is 1. The Morgan fingerprint density at radius 2 is 2.00 bits per heavy atom. The number of anilines is 1. The van der Waals surface area contributed by atoms with Crippen molar-refractivity contribution in [2.75, 3.05) is 12.5 Å². The molecule has 0 radical (unpaired) electrons. The Labute approximate surface area is 196 Å². The van der Waals surface area contributed by atoms with Crippen molar-refractivity contribution in [2.45, 2.75) is 6.61 Å². The molecule has 0 fully saturated rings. The molecule has 0 saturated heterocycles. The van der Waals surface area contributed by atoms with Crippen LogP contribution >= 0.6 is 39.1 Å². The minimum atomic E-state index is -0.519. The van der Waals surface area contributed by atoms with Crippen molar-refractivity contribution < 1.29 is 14.4 Å². The highest BCUT2D eigenvalue weighted by Gasteiger charge is 2.11. The molecule has 0 amide bonds. The highest BCUT2D eigenvalue weighted by Crippen LogP contribution is 2.34. The molecule has 0 saturated carbocycles. The number of nitrogens with zero attached hydrogens (tertiary/aromatic N) is 3. The molecule has 1 heterocycles. The van der Waals surface area contributed by atoms with E-state index in [1.807, 2.05) is 6.07 Å². The Balaban J connectivity index is 1.69. The van der Waals surface area contributed by atoms with Crippen LogP contribution in [-0.4, -0.2) is 23.2 Å². The average molecular weight is 526 g/mol. The van der Waals surface area contributed by atoms with Crippen LogP contribution in [0.4, 0.5) is 11.5 Å². The summed E-state index contributed by atoms with van der Waals surface area (Å²) in [7, 11) is 1.54. The molecule has 160 valence electrons. The number of hydrogen-bond donors (Lipinski definition) is 1. The van der Waals surface area contributed by atoms with Gasteiger partial charge in [-0.05, 0) is 51.8 Å². The van der Waals surface area contributed by atoms with Crippen LogP contribution in [0.3, 0.4) is 0 Å². The predicted molar refractivity (Wildman–Crippen MR) is 124 cm³/mol. The van der Waals surface area contributed by atoms with Crippen LogP contribution in [0.25, 0.3) is 0 Å². The lowest BCUT2D eigenvalue weighted by Gasteiger charge is -2.13. The van der Waals surface area contributed by atoms with Gasteiger partial charge in [-0.3, -0.25) is 15.5 Å². The second-order valence-corrected chi connectivity index (χ2v) is 7.76. The van der Waals surface area contributed by atoms with Gasteiger partial charge in [0.15, 0.2) is 11.5 Å². The Kier molecular flexibility index (Phi) is 7.67. The molecule has 0 aliphatic heterocycles. The molecule has 0 bridgehead atoms. The molecule has 0 aliphatic rings. The van der Waals surface area contributed by atoms with Crippen LogP contribution in [0.1, 0.15) is 11.1 Å². The number of benzene rings is 2. The van der Waals surface area contributed by atoms with Gasteiger partial charge in [0.1, 0.15) is 18.6 Å². The van der Waals surface area contributed by atoms with Crippen LogP contribution < -0.4 is 14.9 Å². The van der Waals surface area contributed by atoms with Crippen molar-refractivity contribution in [3.8, 4) is 11.5 Å². The third kappa shape index (κ3) is 6.06. The van der Waals surface area contributed by atoms with Gasteiger partial charge in [-0.25, -0.2) is 4.98 Å². The van der Waals surface area contributed by atoms with Crippen LogP contribution in [0.15, 0.2) is 58.2 Å². The topological polar surface area (TPSA) is 98.9 Å². The van der Waals surface area contributed by atoms with E-state index in [0.29, 0.717) is 32.9 Å². The lowest BCUT2D eigenvalue weighted by molar-refractivity contribution is -0.385. The summed E-state index contributed by atoms with van der Waals surface area (Å²) in [5.41, 5.74) is 4.19. The van der Waals surface area contributed by atoms with E-state index in [2.05, 4.69) is 31.4 Å². The van der Waals surface area contributed by atoms with Gasteiger partial charge in [0.05, 0.1) is 28.3 Å². The van der Waals surface area contributed by atoms with Gasteiger partial charge >= 0.3 is 0 Å². The molecule has 0 unspecified atom stereocenters. The summed E-state index contributed by atoms with van der Waals surface area (Å²) in [6.45, 7) is 0.278. The minimum Gasteiger partial charge on any atom is -0.493 e. The van der Waals surface area contributed by atoms with E-state index in [4.69, 9.17) is 32.7 Å². The number of hydrazone groups is 1. The van der Waals surface area contributed by atoms with Gasteiger partial charge in [-0.2, -0.15) is 5.10 Å². The summed E-state index contributed by atoms with van der Waals surface area (Å²) in [4.78, 5) is 14.1. The lowest BCUT2D eigenvalue weighted by atomic mass is 10.2. The normalized spacial score (nSPS) is 10.8. The van der Waals surface area contributed by atoms with Gasteiger partial charge in [0.2, 0.25) is 0 Å². The van der Waals surface area contributed by atoms with E-state index in [1.165, 1.54) is 19.2 Å². The largest absolute Gasteiger partial charge is 0.493 e. The monoisotopic (exact) mass is 524 g/mol. The Bertz CT molecular complexity index is 1130. The molecule has 0 spiro atoms. The summed E-state index contributed by atoms with van der Waals surface area (Å²) in [5, 5.41) is 15.7. The van der Waals surface area contributed by atoms with Crippen molar-refractivity contribution in [3.63, 3.8) is 0 Å². The van der Waals surface area contributed by atoms with Crippen LogP contribution in [0, 0.1) is 10.1 Å². The van der Waals surface area contributed by atoms with Gasteiger partial charge in [0, 0.05) is 16.1 Å². The molecule has 8 nitrogen and oxygen atoms in total. The predicted octanol–water partition coefficient (Wildman–Crippen LogP) is 6.09. The molecular weight excluding hydrogens is 511 g/mol. The standard InChI is InChI=1S/C20H15BrCl2N4O4/c1-30-18-7-13(9-25-26-20-5-3-14(10-24-20)27(28)29)15(21)8-19(18)31-11-12-2-4-16(22)17(23)6-12/h2-10H,11H2,1H3,(H,24,26)/b25-9+. The maximum Gasteiger partial charge on any atom is 0.287 e. The zero-order chi connectivity index (χ0) is 22.4. The first-order chi connectivity index (χ1) is 14.9. The first-order valence-corrected chi connectivity index (χ1v) is 10.3. The molecule has 2 aromatic carbocycles. The van der Waals surface area contributed by atoms with Crippen molar-refractivity contribution in [1.82, 2.24) is 4.98 Å². The summed E-state index contributed by atoms with van der Waals surface area (Å²) in [6.07, 6.45) is 2.70. The number of methoxy groups -OCH3 is 1. The zero-order valence-electron chi connectivity index (χ0n) is 16.0. The fourth-order valence-corrected chi connectivity index (χ4v) is 3.19. The molecule has 3 rings (SSSR count). The van der Waals surface area contributed by atoms with Crippen molar-refractivity contribution in [1.29, 1.82) is 0 Å². The maximum atomic E-state index is 10.7. The van der Waals surface area contributed by atoms with E-state index >= 15 is 0 Å². The highest BCUT2D eigenvalue weighted by molar-refractivity contribution is 9.10. The molecule has 1 aromatic heterocycles. The van der Waals surface area contributed by atoms with Crippen molar-refractivity contribution in [3.05, 3.63) is 84.4 Å². The Morgan fingerprint density at radius 1 is 1.19 bits per heavy atom. The van der Waals surface area contributed by atoms with E-state index in [9.17, 15) is 10.1 Å². The molecular formula is C20H15BrCl2N4O4. The Hall–Kier alpha value is -2.88. The zero-order valence-corrected chi connectivity index (χ0v) is 19.1. The number of rotatable bonds is 8. The summed E-state index contributed by atoms with van der Waals surface area (Å²) in [6, 6.07) is 11.6. The molecule has 31 heavy (non-hydrogen) atoms. The molecule has 3 aromatic rings. The first-order valence-electron chi connectivity index (χ1n) is 8.71. The van der Waals surface area contributed by atoms with Gasteiger partial charge in [0.25, 0.3) is 5.69 Å². The maximum absolute atomic E-state index is 10.7. The number of ether oxygens (including phenoxy) is 2. The second kappa shape index (κ2) is 10.4. The molecule has 0 aliphatic carbocycles. The number of hydrogen-bond acceptors (Lipinski definition) is 7. The van der Waals surface area contributed by atoms with Crippen molar-refractivity contribution >= 4 is 56.9 Å². The number of aromatic nitrogens is 1. The lowest BCUT2D eigenvalue weighted by Crippen LogP contribution is -2.00. The van der Waals surface area contributed by atoms with Gasteiger partial charge < -0.3 is 9.47 Å². The summed E-state index contributed by atoms with van der Waals surface area (Å²) >= 11 is 15.5. The van der Waals surface area contributed by atoms with E-state index in [1.54, 1.807) is 30.5 Å². The van der Waals surface area contributed by atoms with Gasteiger partial charge in [-0.15, -0.1) is 0 Å². The summed E-state index contributed by atoms with van der Waals surface area (Å²) < 4.78 is 12.0. The van der Waals surface area contributed by atoms with E-state index < -0.39 is 4.92 Å². The molecule has 1 N–H and O–H groups in total. The second-order valence-electron chi connectivity index (χ2n) is 6.09. The number of halogens is 3. The van der Waals surface area contributed by atoms with Crippen molar-refractivity contribution in [2.24, 2.45) is 5.10 Å². The van der Waals surface area contributed by atoms with E-state index in [-0.39, 0.29) is 12.3 Å². The fraction of sp³-hybridized carbons (Fsp3) is 0.100. The highest BCUT2D eigenvalue weighted by atomic mass is 79.9. The van der Waals surface area contributed by atoms with Gasteiger partial charge in [-0.1, -0.05) is 29.3 Å². The SMILES string of the molecule is COc1cc(/C=N/Nc2ccc([N+](=O)[O-])cn2)c(Br)cc1OCc1ccc(Cl)c(Cl)c1. The number of pyridine rings is 1. The third-order valence-electron chi connectivity index (χ3n) is 4.00. The van der Waals surface area contributed by atoms with Crippen LogP contribution in [-0.2, 0) is 6.61 Å². The number of nitrogens with one attached hydrogen (secondary N) is 1. The molecule has 11 heteroatoms. The average Bonchev–Trinajstić information content (AvgIpc) is 2.76. The fourth-order valence-electron chi connectivity index (χ4n) is 2.44. The third-order valence-corrected chi connectivity index (χ3v) is 5.43. The minimum absolute atomic E-state index is 0.0986. The Morgan fingerprint density at radius 3 is 2.65 bits per heavy atom. The van der Waals surface area contributed by atoms with Crippen LogP contribution in [0.5, 0.6) is 11.5 Å². The first kappa shape index (κ1) is 22.8. The summed E-state index contributed by atoms with van der Waals surface area (Å²) in [5.74, 6) is 1.41. The molecule has 0 atom stereocenters. The smallest absolute Gasteiger partial charge is 0.287 e. The van der Waals surface area contributed by atoms with E-state index in [0.717, 1.165) is 16.2 Å². The quantitative estimate of drug-likeness (QED) is 0.217.